The van der Waals surface area contributed by atoms with Gasteiger partial charge in [-0.1, -0.05) is 48.5 Å². The van der Waals surface area contributed by atoms with Gasteiger partial charge in [0.05, 0.1) is 23.1 Å². The van der Waals surface area contributed by atoms with E-state index in [1.807, 2.05) is 30.3 Å². The highest BCUT2D eigenvalue weighted by Gasteiger charge is 2.69. The summed E-state index contributed by atoms with van der Waals surface area (Å²) in [6.45, 7) is 0.399. The number of amides is 1. The monoisotopic (exact) mass is 426 g/mol. The molecule has 1 spiro atoms. The van der Waals surface area contributed by atoms with Crippen molar-refractivity contribution in [1.82, 2.24) is 9.21 Å². The number of carbonyl (C=O) groups excluding carboxylic acids is 1. The zero-order valence-corrected chi connectivity index (χ0v) is 17.5. The Morgan fingerprint density at radius 2 is 1.60 bits per heavy atom. The van der Waals surface area contributed by atoms with Crippen LogP contribution in [0.4, 0.5) is 0 Å². The SMILES string of the molecule is O=C(CC1CC1)N1[C@@H](CO)[C@@H](c2ccccc2)C12CN(S(=O)(=O)c1ccccc1)C2. The molecule has 1 aliphatic carbocycles. The molecule has 158 valence electrons. The summed E-state index contributed by atoms with van der Waals surface area (Å²) in [5.74, 6) is 0.406. The molecular weight excluding hydrogens is 400 g/mol. The van der Waals surface area contributed by atoms with E-state index in [1.165, 1.54) is 4.31 Å². The second-order valence-electron chi connectivity index (χ2n) is 8.74. The van der Waals surface area contributed by atoms with Crippen molar-refractivity contribution in [3.63, 3.8) is 0 Å². The van der Waals surface area contributed by atoms with Crippen LogP contribution < -0.4 is 0 Å². The van der Waals surface area contributed by atoms with Crippen LogP contribution in [0.5, 0.6) is 0 Å². The molecule has 7 heteroatoms. The van der Waals surface area contributed by atoms with Crippen LogP contribution in [0.15, 0.2) is 65.6 Å². The molecule has 5 rings (SSSR count). The fourth-order valence-corrected chi connectivity index (χ4v) is 6.80. The predicted molar refractivity (Wildman–Crippen MR) is 112 cm³/mol. The van der Waals surface area contributed by atoms with Crippen molar-refractivity contribution in [2.75, 3.05) is 19.7 Å². The summed E-state index contributed by atoms with van der Waals surface area (Å²) in [4.78, 5) is 15.2. The van der Waals surface area contributed by atoms with Crippen molar-refractivity contribution >= 4 is 15.9 Å². The molecule has 0 aromatic heterocycles. The molecule has 2 aliphatic heterocycles. The first-order valence-corrected chi connectivity index (χ1v) is 11.9. The number of aliphatic hydroxyl groups excluding tert-OH is 1. The lowest BCUT2D eigenvalue weighted by Crippen LogP contribution is -2.85. The quantitative estimate of drug-likeness (QED) is 0.768. The molecule has 1 saturated carbocycles. The van der Waals surface area contributed by atoms with Crippen molar-refractivity contribution in [2.24, 2.45) is 5.92 Å². The molecule has 3 aliphatic rings. The minimum absolute atomic E-state index is 0.0421. The van der Waals surface area contributed by atoms with Crippen LogP contribution in [-0.4, -0.2) is 59.9 Å². The maximum atomic E-state index is 13.1. The van der Waals surface area contributed by atoms with E-state index in [0.717, 1.165) is 18.4 Å². The highest BCUT2D eigenvalue weighted by molar-refractivity contribution is 7.89. The zero-order valence-electron chi connectivity index (χ0n) is 16.7. The third kappa shape index (κ3) is 2.99. The minimum Gasteiger partial charge on any atom is -0.394 e. The summed E-state index contributed by atoms with van der Waals surface area (Å²) >= 11 is 0. The predicted octanol–water partition coefficient (Wildman–Crippen LogP) is 2.22. The Labute approximate surface area is 177 Å². The van der Waals surface area contributed by atoms with Crippen LogP contribution in [0.2, 0.25) is 0 Å². The molecule has 2 saturated heterocycles. The zero-order chi connectivity index (χ0) is 20.9. The maximum Gasteiger partial charge on any atom is 0.243 e. The number of hydrogen-bond donors (Lipinski definition) is 1. The average molecular weight is 427 g/mol. The van der Waals surface area contributed by atoms with Crippen LogP contribution >= 0.6 is 0 Å². The Hall–Kier alpha value is -2.22. The molecule has 0 radical (unpaired) electrons. The van der Waals surface area contributed by atoms with Gasteiger partial charge in [0.15, 0.2) is 0 Å². The molecule has 1 amide bonds. The maximum absolute atomic E-state index is 13.1. The smallest absolute Gasteiger partial charge is 0.243 e. The van der Waals surface area contributed by atoms with Crippen LogP contribution in [0.25, 0.3) is 0 Å². The van der Waals surface area contributed by atoms with Gasteiger partial charge in [0, 0.05) is 25.4 Å². The van der Waals surface area contributed by atoms with Crippen molar-refractivity contribution in [3.05, 3.63) is 66.2 Å². The normalized spacial score (nSPS) is 25.6. The lowest BCUT2D eigenvalue weighted by molar-refractivity contribution is -0.189. The Bertz CT molecular complexity index is 1030. The van der Waals surface area contributed by atoms with Gasteiger partial charge in [-0.2, -0.15) is 4.31 Å². The first kappa shape index (κ1) is 19.7. The number of aliphatic hydroxyl groups is 1. The van der Waals surface area contributed by atoms with E-state index in [0.29, 0.717) is 12.3 Å². The Kier molecular flexibility index (Phi) is 4.72. The van der Waals surface area contributed by atoms with E-state index in [-0.39, 0.29) is 42.5 Å². The second kappa shape index (κ2) is 7.18. The highest BCUT2D eigenvalue weighted by atomic mass is 32.2. The van der Waals surface area contributed by atoms with E-state index in [9.17, 15) is 18.3 Å². The first-order chi connectivity index (χ1) is 14.5. The number of hydrogen-bond acceptors (Lipinski definition) is 4. The van der Waals surface area contributed by atoms with Crippen LogP contribution in [0.3, 0.4) is 0 Å². The molecular formula is C23H26N2O4S. The molecule has 2 aromatic carbocycles. The molecule has 1 N–H and O–H groups in total. The van der Waals surface area contributed by atoms with E-state index in [4.69, 9.17) is 0 Å². The second-order valence-corrected chi connectivity index (χ2v) is 10.7. The fourth-order valence-electron chi connectivity index (χ4n) is 5.21. The van der Waals surface area contributed by atoms with Crippen LogP contribution in [0.1, 0.15) is 30.7 Å². The van der Waals surface area contributed by atoms with Gasteiger partial charge in [-0.3, -0.25) is 4.79 Å². The van der Waals surface area contributed by atoms with E-state index in [1.54, 1.807) is 35.2 Å². The van der Waals surface area contributed by atoms with Gasteiger partial charge in [-0.25, -0.2) is 8.42 Å². The van der Waals surface area contributed by atoms with E-state index < -0.39 is 15.6 Å². The Balaban J connectivity index is 1.46. The number of benzene rings is 2. The molecule has 6 nitrogen and oxygen atoms in total. The molecule has 3 fully saturated rings. The van der Waals surface area contributed by atoms with Gasteiger partial charge in [0.1, 0.15) is 0 Å². The molecule has 30 heavy (non-hydrogen) atoms. The van der Waals surface area contributed by atoms with Gasteiger partial charge >= 0.3 is 0 Å². The van der Waals surface area contributed by atoms with Crippen molar-refractivity contribution in [2.45, 2.75) is 41.7 Å². The highest BCUT2D eigenvalue weighted by Crippen LogP contribution is 2.55. The molecule has 2 heterocycles. The van der Waals surface area contributed by atoms with Gasteiger partial charge in [0.2, 0.25) is 15.9 Å². The van der Waals surface area contributed by atoms with Crippen molar-refractivity contribution < 1.29 is 18.3 Å². The van der Waals surface area contributed by atoms with Gasteiger partial charge in [-0.05, 0) is 36.5 Å². The lowest BCUT2D eigenvalue weighted by atomic mass is 9.61. The van der Waals surface area contributed by atoms with Gasteiger partial charge in [0.25, 0.3) is 0 Å². The lowest BCUT2D eigenvalue weighted by Gasteiger charge is -2.70. The van der Waals surface area contributed by atoms with Gasteiger partial charge in [-0.15, -0.1) is 0 Å². The van der Waals surface area contributed by atoms with Crippen LogP contribution in [0, 0.1) is 5.92 Å². The summed E-state index contributed by atoms with van der Waals surface area (Å²) in [5.41, 5.74) is 0.464. The van der Waals surface area contributed by atoms with E-state index >= 15 is 0 Å². The third-order valence-corrected chi connectivity index (χ3v) is 8.64. The number of nitrogens with zero attached hydrogens (tertiary/aromatic N) is 2. The van der Waals surface area contributed by atoms with Crippen LogP contribution in [-0.2, 0) is 14.8 Å². The molecule has 0 unspecified atom stereocenters. The summed E-state index contributed by atoms with van der Waals surface area (Å²) in [5, 5.41) is 10.1. The number of sulfonamides is 1. The summed E-state index contributed by atoms with van der Waals surface area (Å²) in [6, 6.07) is 18.0. The van der Waals surface area contributed by atoms with Crippen molar-refractivity contribution in [1.29, 1.82) is 0 Å². The minimum atomic E-state index is -3.61. The van der Waals surface area contributed by atoms with Crippen molar-refractivity contribution in [3.8, 4) is 0 Å². The number of carbonyl (C=O) groups is 1. The first-order valence-electron chi connectivity index (χ1n) is 10.5. The summed E-state index contributed by atoms with van der Waals surface area (Å²) in [7, 11) is -3.61. The average Bonchev–Trinajstić information content (AvgIpc) is 3.51. The third-order valence-electron chi connectivity index (χ3n) is 6.83. The Morgan fingerprint density at radius 1 is 1.00 bits per heavy atom. The standard InChI is InChI=1S/C23H26N2O4S/c26-14-20-22(18-7-3-1-4-8-18)23(25(20)21(27)13-17-11-12-17)15-24(16-23)30(28,29)19-9-5-2-6-10-19/h1-10,17,20,22,26H,11-16H2/t20-,22+/m0/s1. The molecule has 0 bridgehead atoms. The molecule has 2 aromatic rings. The largest absolute Gasteiger partial charge is 0.394 e. The topological polar surface area (TPSA) is 77.9 Å². The van der Waals surface area contributed by atoms with Gasteiger partial charge < -0.3 is 10.0 Å². The summed E-state index contributed by atoms with van der Waals surface area (Å²) < 4.78 is 27.6. The van der Waals surface area contributed by atoms with E-state index in [2.05, 4.69) is 0 Å². The number of rotatable bonds is 6. The fraction of sp³-hybridized carbons (Fsp3) is 0.435. The number of likely N-dealkylation sites (tertiary alicyclic amines) is 1. The Morgan fingerprint density at radius 3 is 2.17 bits per heavy atom. The summed E-state index contributed by atoms with van der Waals surface area (Å²) in [6.07, 6.45) is 2.64. The molecule has 2 atom stereocenters.